The highest BCUT2D eigenvalue weighted by Crippen LogP contribution is 2.42. The number of alkyl halides is 2. The van der Waals surface area contributed by atoms with Gasteiger partial charge in [0.25, 0.3) is 0 Å². The zero-order valence-corrected chi connectivity index (χ0v) is 19.7. The standard InChI is InChI=1S/C25H40F2OSi/c1-2-3-19-4-8-21(9-5-19)22-10-6-20(7-11-22)18-29-25-14-12-24(13-15-25)28-17-23(27)16-26/h12-15,19-23H,2-11,16-18,29H2,1H3. The maximum Gasteiger partial charge on any atom is 0.162 e. The molecule has 0 aliphatic heterocycles. The molecule has 1 aromatic carbocycles. The molecule has 3 rings (SSSR count). The Morgan fingerprint density at radius 2 is 1.52 bits per heavy atom. The minimum Gasteiger partial charge on any atom is -0.490 e. The van der Waals surface area contributed by atoms with Crippen LogP contribution in [-0.4, -0.2) is 29.0 Å². The van der Waals surface area contributed by atoms with Crippen molar-refractivity contribution in [1.29, 1.82) is 0 Å². The molecule has 0 radical (unpaired) electrons. The highest BCUT2D eigenvalue weighted by Gasteiger charge is 2.30. The van der Waals surface area contributed by atoms with Crippen LogP contribution in [0.15, 0.2) is 24.3 Å². The Bertz CT molecular complexity index is 563. The van der Waals surface area contributed by atoms with Gasteiger partial charge < -0.3 is 4.74 Å². The van der Waals surface area contributed by atoms with Gasteiger partial charge >= 0.3 is 0 Å². The number of rotatable bonds is 10. The van der Waals surface area contributed by atoms with Crippen LogP contribution >= 0.6 is 0 Å². The van der Waals surface area contributed by atoms with Crippen LogP contribution in [-0.2, 0) is 0 Å². The lowest BCUT2D eigenvalue weighted by Gasteiger charge is -2.38. The van der Waals surface area contributed by atoms with E-state index in [1.54, 1.807) is 0 Å². The zero-order valence-electron chi connectivity index (χ0n) is 18.3. The van der Waals surface area contributed by atoms with Crippen molar-refractivity contribution in [2.24, 2.45) is 23.7 Å². The molecule has 0 heterocycles. The molecule has 2 fully saturated rings. The molecule has 0 spiro atoms. The molecule has 2 saturated carbocycles. The third-order valence-corrected chi connectivity index (χ3v) is 9.66. The highest BCUT2D eigenvalue weighted by molar-refractivity contribution is 6.53. The molecule has 0 bridgehead atoms. The summed E-state index contributed by atoms with van der Waals surface area (Å²) in [5.41, 5.74) is 0. The summed E-state index contributed by atoms with van der Waals surface area (Å²) in [7, 11) is -0.249. The molecule has 29 heavy (non-hydrogen) atoms. The Hall–Kier alpha value is -0.903. The summed E-state index contributed by atoms with van der Waals surface area (Å²) >= 11 is 0. The summed E-state index contributed by atoms with van der Waals surface area (Å²) < 4.78 is 30.4. The lowest BCUT2D eigenvalue weighted by Crippen LogP contribution is -2.27. The van der Waals surface area contributed by atoms with E-state index in [4.69, 9.17) is 4.74 Å². The second-order valence-corrected chi connectivity index (χ2v) is 11.5. The third kappa shape index (κ3) is 7.38. The van der Waals surface area contributed by atoms with Crippen LogP contribution < -0.4 is 9.92 Å². The van der Waals surface area contributed by atoms with Crippen molar-refractivity contribution in [1.82, 2.24) is 0 Å². The minimum absolute atomic E-state index is 0.198. The molecular formula is C25H40F2OSi. The molecule has 0 N–H and O–H groups in total. The van der Waals surface area contributed by atoms with Gasteiger partial charge in [0.1, 0.15) is 19.0 Å². The van der Waals surface area contributed by atoms with E-state index in [9.17, 15) is 8.78 Å². The van der Waals surface area contributed by atoms with E-state index in [0.29, 0.717) is 5.75 Å². The van der Waals surface area contributed by atoms with E-state index >= 15 is 0 Å². The predicted octanol–water partition coefficient (Wildman–Crippen LogP) is 6.00. The van der Waals surface area contributed by atoms with Crippen LogP contribution in [0.3, 0.4) is 0 Å². The summed E-state index contributed by atoms with van der Waals surface area (Å²) in [6, 6.07) is 9.50. The molecule has 164 valence electrons. The molecule has 0 saturated heterocycles. The maximum atomic E-state index is 12.9. The van der Waals surface area contributed by atoms with Gasteiger partial charge in [0.15, 0.2) is 6.17 Å². The fraction of sp³-hybridized carbons (Fsp3) is 0.760. The van der Waals surface area contributed by atoms with Gasteiger partial charge in [-0.3, -0.25) is 0 Å². The average molecular weight is 423 g/mol. The monoisotopic (exact) mass is 422 g/mol. The minimum atomic E-state index is -1.52. The summed E-state index contributed by atoms with van der Waals surface area (Å²) in [5, 5.41) is 1.45. The van der Waals surface area contributed by atoms with E-state index in [-0.39, 0.29) is 16.1 Å². The summed E-state index contributed by atoms with van der Waals surface area (Å²) in [6.07, 6.45) is 13.1. The van der Waals surface area contributed by atoms with Gasteiger partial charge in [-0.15, -0.1) is 0 Å². The molecule has 2 aliphatic rings. The number of hydrogen-bond acceptors (Lipinski definition) is 1. The Labute approximate surface area is 178 Å². The summed E-state index contributed by atoms with van der Waals surface area (Å²) in [6.45, 7) is 1.15. The largest absolute Gasteiger partial charge is 0.490 e. The second-order valence-electron chi connectivity index (χ2n) is 9.60. The normalized spacial score (nSPS) is 29.2. The lowest BCUT2D eigenvalue weighted by molar-refractivity contribution is 0.147. The van der Waals surface area contributed by atoms with Crippen molar-refractivity contribution in [3.63, 3.8) is 0 Å². The number of hydrogen-bond donors (Lipinski definition) is 0. The molecule has 1 nitrogen and oxygen atoms in total. The van der Waals surface area contributed by atoms with Gasteiger partial charge in [0.05, 0.1) is 9.52 Å². The Kier molecular flexibility index (Phi) is 9.48. The molecule has 0 aromatic heterocycles. The van der Waals surface area contributed by atoms with Crippen molar-refractivity contribution >= 4 is 14.7 Å². The molecule has 2 aliphatic carbocycles. The number of halogens is 2. The third-order valence-electron chi connectivity index (χ3n) is 7.51. The lowest BCUT2D eigenvalue weighted by atomic mass is 9.69. The first kappa shape index (κ1) is 22.8. The first-order chi connectivity index (χ1) is 14.2. The number of ether oxygens (including phenoxy) is 1. The fourth-order valence-electron chi connectivity index (χ4n) is 5.66. The van der Waals surface area contributed by atoms with E-state index in [0.717, 1.165) is 23.7 Å². The van der Waals surface area contributed by atoms with Gasteiger partial charge in [-0.1, -0.05) is 68.8 Å². The smallest absolute Gasteiger partial charge is 0.162 e. The van der Waals surface area contributed by atoms with Crippen LogP contribution in [0.25, 0.3) is 0 Å². The molecule has 4 heteroatoms. The van der Waals surface area contributed by atoms with Crippen molar-refractivity contribution in [2.75, 3.05) is 13.3 Å². The Morgan fingerprint density at radius 3 is 2.07 bits per heavy atom. The highest BCUT2D eigenvalue weighted by atomic mass is 28.2. The van der Waals surface area contributed by atoms with Crippen molar-refractivity contribution < 1.29 is 13.5 Å². The van der Waals surface area contributed by atoms with E-state index < -0.39 is 12.8 Å². The van der Waals surface area contributed by atoms with Gasteiger partial charge in [0, 0.05) is 0 Å². The van der Waals surface area contributed by atoms with Crippen LogP contribution in [0.2, 0.25) is 6.04 Å². The summed E-state index contributed by atoms with van der Waals surface area (Å²) in [5.74, 6) is 4.64. The maximum absolute atomic E-state index is 12.9. The van der Waals surface area contributed by atoms with Gasteiger partial charge in [-0.25, -0.2) is 8.78 Å². The van der Waals surface area contributed by atoms with E-state index in [2.05, 4.69) is 19.1 Å². The van der Waals surface area contributed by atoms with Crippen molar-refractivity contribution in [3.8, 4) is 5.75 Å². The molecule has 1 aromatic rings. The zero-order chi connectivity index (χ0) is 20.5. The first-order valence-corrected chi connectivity index (χ1v) is 13.8. The van der Waals surface area contributed by atoms with Crippen LogP contribution in [0.4, 0.5) is 8.78 Å². The van der Waals surface area contributed by atoms with E-state index in [1.807, 2.05) is 12.1 Å². The molecular weight excluding hydrogens is 382 g/mol. The fourth-order valence-corrected chi connectivity index (χ4v) is 7.55. The Morgan fingerprint density at radius 1 is 0.931 bits per heavy atom. The van der Waals surface area contributed by atoms with Crippen molar-refractivity contribution in [2.45, 2.75) is 83.3 Å². The summed E-state index contributed by atoms with van der Waals surface area (Å²) in [4.78, 5) is 0. The second kappa shape index (κ2) is 12.1. The SMILES string of the molecule is CCCC1CCC(C2CCC(C[SiH2]c3ccc(OCC(F)CF)cc3)CC2)CC1. The first-order valence-electron chi connectivity index (χ1n) is 12.1. The molecule has 1 unspecified atom stereocenters. The van der Waals surface area contributed by atoms with Crippen LogP contribution in [0, 0.1) is 23.7 Å². The Balaban J connectivity index is 1.33. The molecule has 0 amide bonds. The van der Waals surface area contributed by atoms with Crippen LogP contribution in [0.5, 0.6) is 5.75 Å². The number of benzene rings is 1. The topological polar surface area (TPSA) is 9.23 Å². The van der Waals surface area contributed by atoms with E-state index in [1.165, 1.54) is 75.4 Å². The average Bonchev–Trinajstić information content (AvgIpc) is 2.78. The quantitative estimate of drug-likeness (QED) is 0.420. The van der Waals surface area contributed by atoms with Gasteiger partial charge in [-0.05, 0) is 61.5 Å². The van der Waals surface area contributed by atoms with Gasteiger partial charge in [-0.2, -0.15) is 0 Å². The van der Waals surface area contributed by atoms with Gasteiger partial charge in [0.2, 0.25) is 0 Å². The van der Waals surface area contributed by atoms with Crippen molar-refractivity contribution in [3.05, 3.63) is 24.3 Å². The molecule has 1 atom stereocenters. The predicted molar refractivity (Wildman–Crippen MR) is 122 cm³/mol. The van der Waals surface area contributed by atoms with Crippen LogP contribution in [0.1, 0.15) is 71.1 Å².